The molecule has 2 atom stereocenters. The van der Waals surface area contributed by atoms with Crippen LogP contribution in [-0.2, 0) is 16.1 Å². The van der Waals surface area contributed by atoms with Gasteiger partial charge in [-0.3, -0.25) is 4.79 Å². The molecule has 0 saturated heterocycles. The summed E-state index contributed by atoms with van der Waals surface area (Å²) in [6.45, 7) is 8.33. The highest BCUT2D eigenvalue weighted by Gasteiger charge is 2.19. The number of ether oxygens (including phenoxy) is 1. The van der Waals surface area contributed by atoms with Crippen molar-refractivity contribution in [1.29, 1.82) is 0 Å². The average Bonchev–Trinajstić information content (AvgIpc) is 2.87. The first kappa shape index (κ1) is 17.7. The third-order valence-corrected chi connectivity index (χ3v) is 2.69. The van der Waals surface area contributed by atoms with E-state index in [1.165, 1.54) is 0 Å². The quantitative estimate of drug-likeness (QED) is 0.668. The van der Waals surface area contributed by atoms with Crippen LogP contribution in [0.4, 0.5) is 0 Å². The summed E-state index contributed by atoms with van der Waals surface area (Å²) in [4.78, 5) is 11.8. The number of furan rings is 1. The summed E-state index contributed by atoms with van der Waals surface area (Å²) < 4.78 is 10.4. The molecule has 0 aliphatic carbocycles. The van der Waals surface area contributed by atoms with Crippen molar-refractivity contribution in [2.24, 2.45) is 0 Å². The van der Waals surface area contributed by atoms with Crippen molar-refractivity contribution in [1.82, 2.24) is 10.6 Å². The molecule has 0 spiro atoms. The van der Waals surface area contributed by atoms with Crippen LogP contribution in [0.3, 0.4) is 0 Å². The summed E-state index contributed by atoms with van der Waals surface area (Å²) in [6, 6.07) is 3.22. The van der Waals surface area contributed by atoms with Gasteiger partial charge in [-0.1, -0.05) is 0 Å². The zero-order valence-electron chi connectivity index (χ0n) is 13.2. The maximum Gasteiger partial charge on any atom is 0.237 e. The fraction of sp³-hybridized carbons (Fsp3) is 0.667. The topological polar surface area (TPSA) is 83.7 Å². The van der Waals surface area contributed by atoms with Gasteiger partial charge >= 0.3 is 0 Å². The van der Waals surface area contributed by atoms with E-state index in [4.69, 9.17) is 9.15 Å². The Balaban J connectivity index is 2.16. The Morgan fingerprint density at radius 3 is 2.76 bits per heavy atom. The van der Waals surface area contributed by atoms with E-state index < -0.39 is 6.10 Å². The molecule has 0 aromatic carbocycles. The van der Waals surface area contributed by atoms with Crippen LogP contribution in [0.25, 0.3) is 0 Å². The highest BCUT2D eigenvalue weighted by Crippen LogP contribution is 2.02. The van der Waals surface area contributed by atoms with E-state index in [-0.39, 0.29) is 30.6 Å². The molecule has 0 aliphatic rings. The molecule has 6 nitrogen and oxygen atoms in total. The lowest BCUT2D eigenvalue weighted by Gasteiger charge is -2.24. The van der Waals surface area contributed by atoms with Gasteiger partial charge in [0.25, 0.3) is 0 Å². The van der Waals surface area contributed by atoms with E-state index in [2.05, 4.69) is 10.6 Å². The van der Waals surface area contributed by atoms with Crippen molar-refractivity contribution in [2.45, 2.75) is 52.0 Å². The number of hydrogen-bond donors (Lipinski definition) is 3. The number of carbonyl (C=O) groups is 1. The maximum atomic E-state index is 11.8. The molecule has 0 aliphatic heterocycles. The van der Waals surface area contributed by atoms with Gasteiger partial charge in [0.2, 0.25) is 5.91 Å². The van der Waals surface area contributed by atoms with Gasteiger partial charge in [0.1, 0.15) is 12.4 Å². The predicted molar refractivity (Wildman–Crippen MR) is 79.7 cm³/mol. The van der Waals surface area contributed by atoms with E-state index in [9.17, 15) is 9.90 Å². The number of hydrogen-bond acceptors (Lipinski definition) is 5. The second-order valence-electron chi connectivity index (χ2n) is 6.12. The molecule has 2 unspecified atom stereocenters. The Morgan fingerprint density at radius 2 is 2.19 bits per heavy atom. The summed E-state index contributed by atoms with van der Waals surface area (Å²) in [7, 11) is 0. The first-order valence-electron chi connectivity index (χ1n) is 7.11. The molecule has 1 aromatic rings. The third kappa shape index (κ3) is 7.84. The van der Waals surface area contributed by atoms with Crippen LogP contribution in [0.2, 0.25) is 0 Å². The second-order valence-corrected chi connectivity index (χ2v) is 6.12. The Kier molecular flexibility index (Phi) is 6.87. The largest absolute Gasteiger partial charge is 0.467 e. The standard InChI is InChI=1S/C15H26N2O4/c1-11(14(19)17-15(2,3)4)16-8-12(18)9-20-10-13-6-5-7-21-13/h5-7,11-12,16,18H,8-10H2,1-4H3,(H,17,19). The zero-order chi connectivity index (χ0) is 15.9. The molecule has 0 saturated carbocycles. The Bertz CT molecular complexity index is 412. The van der Waals surface area contributed by atoms with Crippen LogP contribution in [0.15, 0.2) is 22.8 Å². The zero-order valence-corrected chi connectivity index (χ0v) is 13.2. The number of carbonyl (C=O) groups excluding carboxylic acids is 1. The molecule has 1 rings (SSSR count). The van der Waals surface area contributed by atoms with Crippen LogP contribution < -0.4 is 10.6 Å². The Labute approximate surface area is 125 Å². The van der Waals surface area contributed by atoms with Crippen LogP contribution in [-0.4, -0.2) is 41.9 Å². The lowest BCUT2D eigenvalue weighted by atomic mass is 10.1. The summed E-state index contributed by atoms with van der Waals surface area (Å²) >= 11 is 0. The number of aliphatic hydroxyl groups excluding tert-OH is 1. The van der Waals surface area contributed by atoms with E-state index >= 15 is 0 Å². The predicted octanol–water partition coefficient (Wildman–Crippen LogP) is 1.05. The fourth-order valence-electron chi connectivity index (χ4n) is 1.63. The lowest BCUT2D eigenvalue weighted by molar-refractivity contribution is -0.124. The van der Waals surface area contributed by atoms with Crippen LogP contribution in [0.1, 0.15) is 33.5 Å². The molecule has 1 amide bonds. The molecule has 3 N–H and O–H groups in total. The van der Waals surface area contributed by atoms with Gasteiger partial charge in [0.15, 0.2) is 0 Å². The SMILES string of the molecule is CC(NCC(O)COCc1ccco1)C(=O)NC(C)(C)C. The molecule has 0 bridgehead atoms. The number of rotatable bonds is 8. The van der Waals surface area contributed by atoms with Crippen LogP contribution >= 0.6 is 0 Å². The molecule has 1 heterocycles. The summed E-state index contributed by atoms with van der Waals surface area (Å²) in [5.41, 5.74) is -0.266. The molecule has 120 valence electrons. The Hall–Kier alpha value is -1.37. The van der Waals surface area contributed by atoms with E-state index in [1.807, 2.05) is 26.8 Å². The number of nitrogens with one attached hydrogen (secondary N) is 2. The minimum atomic E-state index is -0.676. The monoisotopic (exact) mass is 298 g/mol. The van der Waals surface area contributed by atoms with Gasteiger partial charge in [-0.05, 0) is 39.8 Å². The van der Waals surface area contributed by atoms with Crippen molar-refractivity contribution in [3.63, 3.8) is 0 Å². The first-order valence-corrected chi connectivity index (χ1v) is 7.11. The van der Waals surface area contributed by atoms with Gasteiger partial charge < -0.3 is 24.9 Å². The molecule has 0 radical (unpaired) electrons. The lowest BCUT2D eigenvalue weighted by Crippen LogP contribution is -2.51. The molecular weight excluding hydrogens is 272 g/mol. The Morgan fingerprint density at radius 1 is 1.48 bits per heavy atom. The van der Waals surface area contributed by atoms with E-state index in [0.29, 0.717) is 12.4 Å². The van der Waals surface area contributed by atoms with Gasteiger partial charge in [-0.25, -0.2) is 0 Å². The summed E-state index contributed by atoms with van der Waals surface area (Å²) in [5.74, 6) is 0.624. The van der Waals surface area contributed by atoms with Crippen molar-refractivity contribution in [2.75, 3.05) is 13.2 Å². The highest BCUT2D eigenvalue weighted by molar-refractivity contribution is 5.81. The minimum Gasteiger partial charge on any atom is -0.467 e. The van der Waals surface area contributed by atoms with Gasteiger partial charge in [0, 0.05) is 12.1 Å². The summed E-state index contributed by atoms with van der Waals surface area (Å²) in [6.07, 6.45) is 0.900. The average molecular weight is 298 g/mol. The molecule has 21 heavy (non-hydrogen) atoms. The molecular formula is C15H26N2O4. The van der Waals surface area contributed by atoms with Crippen molar-refractivity contribution >= 4 is 5.91 Å². The minimum absolute atomic E-state index is 0.0915. The van der Waals surface area contributed by atoms with Gasteiger partial charge in [-0.15, -0.1) is 0 Å². The van der Waals surface area contributed by atoms with Crippen molar-refractivity contribution in [3.05, 3.63) is 24.2 Å². The van der Waals surface area contributed by atoms with Gasteiger partial charge in [0.05, 0.1) is 25.0 Å². The first-order chi connectivity index (χ1) is 9.78. The smallest absolute Gasteiger partial charge is 0.237 e. The maximum absolute atomic E-state index is 11.8. The molecule has 0 fully saturated rings. The molecule has 1 aromatic heterocycles. The van der Waals surface area contributed by atoms with Crippen LogP contribution in [0, 0.1) is 0 Å². The van der Waals surface area contributed by atoms with Crippen molar-refractivity contribution in [3.8, 4) is 0 Å². The third-order valence-electron chi connectivity index (χ3n) is 2.69. The van der Waals surface area contributed by atoms with Crippen molar-refractivity contribution < 1.29 is 19.1 Å². The second kappa shape index (κ2) is 8.17. The van der Waals surface area contributed by atoms with E-state index in [0.717, 1.165) is 0 Å². The van der Waals surface area contributed by atoms with Gasteiger partial charge in [-0.2, -0.15) is 0 Å². The van der Waals surface area contributed by atoms with Crippen LogP contribution in [0.5, 0.6) is 0 Å². The summed E-state index contributed by atoms with van der Waals surface area (Å²) in [5, 5.41) is 15.7. The normalized spacial score (nSPS) is 14.7. The highest BCUT2D eigenvalue weighted by atomic mass is 16.5. The number of amides is 1. The molecule has 6 heteroatoms. The van der Waals surface area contributed by atoms with E-state index in [1.54, 1.807) is 19.3 Å². The fourth-order valence-corrected chi connectivity index (χ4v) is 1.63. The number of aliphatic hydroxyl groups is 1.